The molecule has 5 heteroatoms. The third kappa shape index (κ3) is 4.17. The van der Waals surface area contributed by atoms with Crippen molar-refractivity contribution in [2.24, 2.45) is 10.9 Å². The average Bonchev–Trinajstić information content (AvgIpc) is 2.69. The first-order chi connectivity index (χ1) is 13.0. The number of amides is 1. The van der Waals surface area contributed by atoms with Crippen LogP contribution in [0, 0.1) is 5.92 Å². The first kappa shape index (κ1) is 19.1. The molecule has 0 bridgehead atoms. The molecule has 1 unspecified atom stereocenters. The minimum absolute atomic E-state index is 0.0693. The molecule has 1 aliphatic rings. The van der Waals surface area contributed by atoms with Gasteiger partial charge in [0.1, 0.15) is 0 Å². The summed E-state index contributed by atoms with van der Waals surface area (Å²) in [5, 5.41) is 3.30. The van der Waals surface area contributed by atoms with Gasteiger partial charge in [-0.1, -0.05) is 61.0 Å². The summed E-state index contributed by atoms with van der Waals surface area (Å²) in [7, 11) is 0. The molecule has 2 aromatic carbocycles. The van der Waals surface area contributed by atoms with E-state index in [1.165, 1.54) is 0 Å². The van der Waals surface area contributed by atoms with Crippen LogP contribution in [0.2, 0.25) is 5.02 Å². The van der Waals surface area contributed by atoms with Crippen molar-refractivity contribution in [2.75, 3.05) is 5.32 Å². The van der Waals surface area contributed by atoms with Crippen LogP contribution in [0.1, 0.15) is 37.0 Å². The average molecular weight is 381 g/mol. The highest BCUT2D eigenvalue weighted by molar-refractivity contribution is 6.34. The van der Waals surface area contributed by atoms with Crippen LogP contribution in [0.15, 0.2) is 70.9 Å². The quantitative estimate of drug-likeness (QED) is 0.715. The van der Waals surface area contributed by atoms with Crippen LogP contribution in [0.4, 0.5) is 5.69 Å². The van der Waals surface area contributed by atoms with Crippen molar-refractivity contribution in [1.82, 2.24) is 0 Å². The van der Waals surface area contributed by atoms with Gasteiger partial charge in [0.15, 0.2) is 5.78 Å². The van der Waals surface area contributed by atoms with Crippen LogP contribution in [0.3, 0.4) is 0 Å². The van der Waals surface area contributed by atoms with Gasteiger partial charge in [-0.15, -0.1) is 0 Å². The zero-order chi connectivity index (χ0) is 19.4. The maximum Gasteiger partial charge on any atom is 0.254 e. The summed E-state index contributed by atoms with van der Waals surface area (Å²) in [6.45, 7) is 3.83. The van der Waals surface area contributed by atoms with Crippen LogP contribution in [0.5, 0.6) is 0 Å². The first-order valence-electron chi connectivity index (χ1n) is 8.93. The van der Waals surface area contributed by atoms with E-state index in [1.807, 2.05) is 32.0 Å². The number of aliphatic imine (C=N–C) groups is 1. The molecule has 1 amide bonds. The molecule has 1 heterocycles. The lowest BCUT2D eigenvalue weighted by molar-refractivity contribution is -0.113. The summed E-state index contributed by atoms with van der Waals surface area (Å²) in [5.41, 5.74) is 3.05. The van der Waals surface area contributed by atoms with E-state index in [1.54, 1.807) is 36.4 Å². The van der Waals surface area contributed by atoms with Gasteiger partial charge in [-0.2, -0.15) is 0 Å². The second-order valence-corrected chi connectivity index (χ2v) is 6.89. The maximum absolute atomic E-state index is 13.1. The van der Waals surface area contributed by atoms with E-state index < -0.39 is 5.92 Å². The molecule has 4 nitrogen and oxygen atoms in total. The van der Waals surface area contributed by atoms with Crippen LogP contribution in [-0.4, -0.2) is 17.4 Å². The Morgan fingerprint density at radius 3 is 2.44 bits per heavy atom. The Bertz CT molecular complexity index is 932. The number of rotatable bonds is 5. The van der Waals surface area contributed by atoms with E-state index in [9.17, 15) is 9.59 Å². The fourth-order valence-electron chi connectivity index (χ4n) is 3.27. The van der Waals surface area contributed by atoms with Crippen molar-refractivity contribution < 1.29 is 9.59 Å². The molecule has 0 aromatic heterocycles. The van der Waals surface area contributed by atoms with Crippen LogP contribution in [-0.2, 0) is 4.79 Å². The number of ketones is 1. The number of nitrogens with one attached hydrogen (secondary N) is 1. The fraction of sp³-hybridized carbons (Fsp3) is 0.227. The Morgan fingerprint density at radius 1 is 1.11 bits per heavy atom. The number of nitrogens with zero attached hydrogens (tertiary/aromatic N) is 1. The monoisotopic (exact) mass is 380 g/mol. The predicted molar refractivity (Wildman–Crippen MR) is 109 cm³/mol. The molecule has 27 heavy (non-hydrogen) atoms. The van der Waals surface area contributed by atoms with E-state index in [2.05, 4.69) is 10.3 Å². The number of para-hydroxylation sites is 1. The Kier molecular flexibility index (Phi) is 5.87. The Morgan fingerprint density at radius 2 is 1.78 bits per heavy atom. The van der Waals surface area contributed by atoms with Gasteiger partial charge in [0.2, 0.25) is 0 Å². The molecule has 2 aromatic rings. The van der Waals surface area contributed by atoms with Crippen molar-refractivity contribution >= 4 is 34.7 Å². The van der Waals surface area contributed by atoms with E-state index in [-0.39, 0.29) is 11.7 Å². The number of halogens is 1. The summed E-state index contributed by atoms with van der Waals surface area (Å²) in [6.07, 6.45) is 1.00. The van der Waals surface area contributed by atoms with Crippen molar-refractivity contribution in [3.63, 3.8) is 0 Å². The molecular weight excluding hydrogens is 360 g/mol. The highest BCUT2D eigenvalue weighted by Gasteiger charge is 2.34. The van der Waals surface area contributed by atoms with Crippen LogP contribution < -0.4 is 5.32 Å². The molecule has 3 rings (SSSR count). The van der Waals surface area contributed by atoms with Crippen molar-refractivity contribution in [3.05, 3.63) is 76.5 Å². The number of anilines is 1. The Balaban J connectivity index is 1.99. The molecule has 0 aliphatic carbocycles. The van der Waals surface area contributed by atoms with Gasteiger partial charge >= 0.3 is 0 Å². The zero-order valence-electron chi connectivity index (χ0n) is 15.3. The van der Waals surface area contributed by atoms with E-state index in [0.29, 0.717) is 40.4 Å². The molecular formula is C22H21ClN2O2. The second-order valence-electron chi connectivity index (χ2n) is 6.48. The topological polar surface area (TPSA) is 58.5 Å². The number of benzene rings is 2. The summed E-state index contributed by atoms with van der Waals surface area (Å²) >= 11 is 6.17. The lowest BCUT2D eigenvalue weighted by Crippen LogP contribution is -2.31. The number of carbonyl (C=O) groups is 2. The third-order valence-corrected chi connectivity index (χ3v) is 4.89. The zero-order valence-corrected chi connectivity index (χ0v) is 16.1. The number of hydrogen-bond donors (Lipinski definition) is 1. The smallest absolute Gasteiger partial charge is 0.254 e. The van der Waals surface area contributed by atoms with Crippen molar-refractivity contribution in [1.29, 1.82) is 0 Å². The number of hydrogen-bond acceptors (Lipinski definition) is 3. The van der Waals surface area contributed by atoms with Gasteiger partial charge < -0.3 is 5.32 Å². The van der Waals surface area contributed by atoms with Crippen molar-refractivity contribution in [3.8, 4) is 0 Å². The largest absolute Gasteiger partial charge is 0.321 e. The van der Waals surface area contributed by atoms with Gasteiger partial charge in [-0.3, -0.25) is 14.6 Å². The lowest BCUT2D eigenvalue weighted by atomic mass is 9.82. The number of allylic oxidation sites excluding steroid dienone is 1. The standard InChI is InChI=1S/C22H21ClN2O2/c1-3-18-20(22(27)25-19-12-8-7-11-17(19)23)16(13-14(2)24-18)21(26)15-9-5-4-6-10-15/h4-12,16H,3,13H2,1-2H3,(H,25,27). The summed E-state index contributed by atoms with van der Waals surface area (Å²) < 4.78 is 0. The summed E-state index contributed by atoms with van der Waals surface area (Å²) in [6, 6.07) is 16.1. The van der Waals surface area contributed by atoms with Gasteiger partial charge in [-0.05, 0) is 31.9 Å². The van der Waals surface area contributed by atoms with Crippen LogP contribution in [0.25, 0.3) is 0 Å². The fourth-order valence-corrected chi connectivity index (χ4v) is 3.46. The normalized spacial score (nSPS) is 16.7. The molecule has 0 fully saturated rings. The SMILES string of the molecule is CCC1=C(C(=O)Nc2ccccc2Cl)C(C(=O)c2ccccc2)CC(C)=N1. The molecule has 0 spiro atoms. The maximum atomic E-state index is 13.1. The first-order valence-corrected chi connectivity index (χ1v) is 9.31. The molecule has 1 N–H and O–H groups in total. The van der Waals surface area contributed by atoms with E-state index in [0.717, 1.165) is 5.71 Å². The highest BCUT2D eigenvalue weighted by Crippen LogP contribution is 2.32. The molecule has 138 valence electrons. The van der Waals surface area contributed by atoms with E-state index >= 15 is 0 Å². The van der Waals surface area contributed by atoms with Gasteiger partial charge in [0, 0.05) is 22.5 Å². The van der Waals surface area contributed by atoms with Gasteiger partial charge in [-0.25, -0.2) is 0 Å². The Labute approximate surface area is 164 Å². The molecule has 1 atom stereocenters. The molecule has 0 saturated heterocycles. The number of Topliss-reactive ketones (excluding diaryl/α,β-unsaturated/α-hetero) is 1. The minimum atomic E-state index is -0.553. The molecule has 0 saturated carbocycles. The minimum Gasteiger partial charge on any atom is -0.321 e. The summed E-state index contributed by atoms with van der Waals surface area (Å²) in [5.74, 6) is -0.951. The second kappa shape index (κ2) is 8.31. The lowest BCUT2D eigenvalue weighted by Gasteiger charge is -2.25. The molecule has 0 radical (unpaired) electrons. The number of carbonyl (C=O) groups excluding carboxylic acids is 2. The third-order valence-electron chi connectivity index (χ3n) is 4.56. The van der Waals surface area contributed by atoms with Gasteiger partial charge in [0.25, 0.3) is 5.91 Å². The van der Waals surface area contributed by atoms with Crippen molar-refractivity contribution in [2.45, 2.75) is 26.7 Å². The Hall–Kier alpha value is -2.72. The molecule has 1 aliphatic heterocycles. The predicted octanol–water partition coefficient (Wildman–Crippen LogP) is 5.31. The summed E-state index contributed by atoms with van der Waals surface area (Å²) in [4.78, 5) is 30.8. The van der Waals surface area contributed by atoms with Gasteiger partial charge in [0.05, 0.1) is 16.6 Å². The van der Waals surface area contributed by atoms with Crippen LogP contribution >= 0.6 is 11.6 Å². The van der Waals surface area contributed by atoms with E-state index in [4.69, 9.17) is 11.6 Å². The highest BCUT2D eigenvalue weighted by atomic mass is 35.5.